The minimum Gasteiger partial charge on any atom is -0.477 e. The highest BCUT2D eigenvalue weighted by atomic mass is 32.1. The Balaban J connectivity index is 1.44. The molecule has 0 unspecified atom stereocenters. The lowest BCUT2D eigenvalue weighted by molar-refractivity contribution is -0.122. The number of thiazole rings is 1. The van der Waals surface area contributed by atoms with Gasteiger partial charge in [0, 0.05) is 24.4 Å². The van der Waals surface area contributed by atoms with Gasteiger partial charge in [-0.2, -0.15) is 0 Å². The maximum absolute atomic E-state index is 12.8. The first-order valence-corrected chi connectivity index (χ1v) is 11.7. The van der Waals surface area contributed by atoms with E-state index >= 15 is 0 Å². The van der Waals surface area contributed by atoms with Gasteiger partial charge in [-0.1, -0.05) is 12.1 Å². The van der Waals surface area contributed by atoms with Crippen molar-refractivity contribution < 1.29 is 19.5 Å². The molecule has 32 heavy (non-hydrogen) atoms. The van der Waals surface area contributed by atoms with Crippen molar-refractivity contribution in [3.63, 3.8) is 0 Å². The smallest absolute Gasteiger partial charge is 0.348 e. The number of thiophene rings is 1. The number of nitrogens with zero attached hydrogens (tertiary/aromatic N) is 2. The zero-order valence-corrected chi connectivity index (χ0v) is 18.5. The first kappa shape index (κ1) is 21.8. The topological polar surface area (TPSA) is 138 Å². The Kier molecular flexibility index (Phi) is 6.37. The van der Waals surface area contributed by atoms with Crippen molar-refractivity contribution in [3.05, 3.63) is 51.7 Å². The molecule has 1 aliphatic rings. The van der Waals surface area contributed by atoms with Gasteiger partial charge in [0.05, 0.1) is 17.1 Å². The monoisotopic (exact) mass is 471 g/mol. The highest BCUT2D eigenvalue weighted by molar-refractivity contribution is 7.14. The molecule has 0 aliphatic carbocycles. The van der Waals surface area contributed by atoms with Crippen molar-refractivity contribution >= 4 is 62.7 Å². The van der Waals surface area contributed by atoms with Crippen LogP contribution in [0.4, 0.5) is 22.2 Å². The molecule has 2 amide bonds. The molecule has 0 bridgehead atoms. The first-order valence-electron chi connectivity index (χ1n) is 9.90. The Morgan fingerprint density at radius 2 is 1.84 bits per heavy atom. The molecule has 166 valence electrons. The summed E-state index contributed by atoms with van der Waals surface area (Å²) in [7, 11) is 0. The lowest BCUT2D eigenvalue weighted by Crippen LogP contribution is -2.38. The van der Waals surface area contributed by atoms with Crippen molar-refractivity contribution in [2.45, 2.75) is 12.8 Å². The van der Waals surface area contributed by atoms with Crippen LogP contribution >= 0.6 is 22.7 Å². The zero-order valence-electron chi connectivity index (χ0n) is 16.9. The van der Waals surface area contributed by atoms with Crippen LogP contribution in [0.2, 0.25) is 0 Å². The van der Waals surface area contributed by atoms with E-state index in [0.29, 0.717) is 42.4 Å². The van der Waals surface area contributed by atoms with E-state index in [0.717, 1.165) is 17.0 Å². The summed E-state index contributed by atoms with van der Waals surface area (Å²) in [4.78, 5) is 42.1. The van der Waals surface area contributed by atoms with E-state index in [1.54, 1.807) is 16.8 Å². The summed E-state index contributed by atoms with van der Waals surface area (Å²) in [5, 5.41) is 18.8. The third-order valence-corrected chi connectivity index (χ3v) is 6.89. The summed E-state index contributed by atoms with van der Waals surface area (Å²) in [6, 6.07) is 9.15. The van der Waals surface area contributed by atoms with Crippen LogP contribution in [-0.2, 0) is 4.79 Å². The number of piperidine rings is 1. The normalized spacial score (nSPS) is 14.2. The van der Waals surface area contributed by atoms with E-state index in [4.69, 9.17) is 5.73 Å². The van der Waals surface area contributed by atoms with E-state index in [1.807, 2.05) is 24.3 Å². The van der Waals surface area contributed by atoms with Gasteiger partial charge in [0.1, 0.15) is 10.6 Å². The number of benzene rings is 1. The fourth-order valence-electron chi connectivity index (χ4n) is 3.57. The number of aromatic carboxylic acids is 1. The predicted octanol–water partition coefficient (Wildman–Crippen LogP) is 3.60. The molecule has 1 aliphatic heterocycles. The van der Waals surface area contributed by atoms with Gasteiger partial charge >= 0.3 is 5.97 Å². The summed E-state index contributed by atoms with van der Waals surface area (Å²) >= 11 is 2.33. The molecule has 0 saturated carbocycles. The molecule has 11 heteroatoms. The highest BCUT2D eigenvalue weighted by Gasteiger charge is 2.25. The molecule has 4 rings (SSSR count). The average molecular weight is 472 g/mol. The predicted molar refractivity (Wildman–Crippen MR) is 125 cm³/mol. The lowest BCUT2D eigenvalue weighted by Gasteiger charge is -2.33. The van der Waals surface area contributed by atoms with Gasteiger partial charge in [0.25, 0.3) is 5.91 Å². The van der Waals surface area contributed by atoms with Crippen LogP contribution in [0.25, 0.3) is 0 Å². The Morgan fingerprint density at radius 1 is 1.09 bits per heavy atom. The third-order valence-electron chi connectivity index (χ3n) is 5.23. The lowest BCUT2D eigenvalue weighted by atomic mass is 9.96. The van der Waals surface area contributed by atoms with Crippen molar-refractivity contribution in [1.82, 2.24) is 4.98 Å². The maximum atomic E-state index is 12.8. The number of hydrogen-bond donors (Lipinski definition) is 4. The van der Waals surface area contributed by atoms with Crippen molar-refractivity contribution in [3.8, 4) is 0 Å². The van der Waals surface area contributed by atoms with Gasteiger partial charge in [-0.15, -0.1) is 22.7 Å². The van der Waals surface area contributed by atoms with Gasteiger partial charge in [0.2, 0.25) is 5.91 Å². The van der Waals surface area contributed by atoms with Crippen LogP contribution in [0.3, 0.4) is 0 Å². The molecule has 0 radical (unpaired) electrons. The van der Waals surface area contributed by atoms with Crippen molar-refractivity contribution in [2.75, 3.05) is 28.6 Å². The van der Waals surface area contributed by atoms with Gasteiger partial charge in [-0.05, 0) is 36.4 Å². The Hall–Kier alpha value is -3.44. The fourth-order valence-corrected chi connectivity index (χ4v) is 4.96. The average Bonchev–Trinajstić information content (AvgIpc) is 3.44. The molecule has 3 aromatic rings. The van der Waals surface area contributed by atoms with E-state index in [9.17, 15) is 19.5 Å². The van der Waals surface area contributed by atoms with Crippen LogP contribution in [0.5, 0.6) is 0 Å². The summed E-state index contributed by atoms with van der Waals surface area (Å²) < 4.78 is 0. The second-order valence-corrected chi connectivity index (χ2v) is 9.04. The molecule has 0 spiro atoms. The minimum absolute atomic E-state index is 0.112. The van der Waals surface area contributed by atoms with Crippen LogP contribution in [-0.4, -0.2) is 41.0 Å². The van der Waals surface area contributed by atoms with Gasteiger partial charge in [-0.25, -0.2) is 9.78 Å². The van der Waals surface area contributed by atoms with Crippen LogP contribution < -0.4 is 21.3 Å². The Morgan fingerprint density at radius 3 is 2.56 bits per heavy atom. The molecule has 1 fully saturated rings. The molecule has 5 N–H and O–H groups in total. The fraction of sp³-hybridized carbons (Fsp3) is 0.238. The largest absolute Gasteiger partial charge is 0.477 e. The number of carbonyl (C=O) groups excluding carboxylic acids is 2. The van der Waals surface area contributed by atoms with Crippen molar-refractivity contribution in [2.24, 2.45) is 11.7 Å². The summed E-state index contributed by atoms with van der Waals surface area (Å²) in [6.45, 7) is 1.36. The molecule has 1 saturated heterocycles. The summed E-state index contributed by atoms with van der Waals surface area (Å²) in [5.41, 5.74) is 7.62. The molecule has 2 aromatic heterocycles. The second kappa shape index (κ2) is 9.37. The van der Waals surface area contributed by atoms with E-state index in [1.165, 1.54) is 11.3 Å². The quantitative estimate of drug-likeness (QED) is 0.413. The van der Waals surface area contributed by atoms with Gasteiger partial charge in [-0.3, -0.25) is 9.59 Å². The van der Waals surface area contributed by atoms with Crippen LogP contribution in [0, 0.1) is 5.92 Å². The van der Waals surface area contributed by atoms with E-state index < -0.39 is 5.97 Å². The number of nitrogens with two attached hydrogens (primary N) is 1. The number of hydrogen-bond acceptors (Lipinski definition) is 8. The first-order chi connectivity index (χ1) is 15.4. The number of amides is 2. The molecule has 9 nitrogen and oxygen atoms in total. The van der Waals surface area contributed by atoms with Crippen LogP contribution in [0.15, 0.2) is 41.1 Å². The number of aromatic nitrogens is 1. The minimum atomic E-state index is -1.02. The van der Waals surface area contributed by atoms with E-state index in [-0.39, 0.29) is 28.3 Å². The number of primary amides is 1. The van der Waals surface area contributed by atoms with Crippen LogP contribution in [0.1, 0.15) is 33.0 Å². The molecule has 3 heterocycles. The Bertz CT molecular complexity index is 1150. The number of nitrogens with one attached hydrogen (secondary N) is 2. The second-order valence-electron chi connectivity index (χ2n) is 7.27. The molecule has 0 atom stereocenters. The molecule has 1 aromatic carbocycles. The number of carbonyl (C=O) groups is 3. The van der Waals surface area contributed by atoms with Gasteiger partial charge < -0.3 is 26.4 Å². The zero-order chi connectivity index (χ0) is 22.7. The molecular weight excluding hydrogens is 450 g/mol. The summed E-state index contributed by atoms with van der Waals surface area (Å²) in [6.07, 6.45) is 1.36. The number of anilines is 4. The standard InChI is InChI=1S/C21H21N5O4S2/c22-18(27)12-5-8-26(9-6-12)16-4-2-1-3-13(16)23-19(28)15-11-32-21(25-15)24-14-7-10-31-17(14)20(29)30/h1-4,7,10-12H,5-6,8-9H2,(H2,22,27)(H,23,28)(H,24,25)(H,29,30). The number of carboxylic acid groups (broad SMARTS) is 1. The number of para-hydroxylation sites is 2. The van der Waals surface area contributed by atoms with Gasteiger partial charge in [0.15, 0.2) is 5.13 Å². The summed E-state index contributed by atoms with van der Waals surface area (Å²) in [5.74, 6) is -1.76. The third kappa shape index (κ3) is 4.73. The van der Waals surface area contributed by atoms with Crippen molar-refractivity contribution in [1.29, 1.82) is 0 Å². The number of rotatable bonds is 7. The molecular formula is C21H21N5O4S2. The van der Waals surface area contributed by atoms with E-state index in [2.05, 4.69) is 20.5 Å². The number of carboxylic acids is 1. The maximum Gasteiger partial charge on any atom is 0.348 e. The highest BCUT2D eigenvalue weighted by Crippen LogP contribution is 2.31. The SMILES string of the molecule is NC(=O)C1CCN(c2ccccc2NC(=O)c2csc(Nc3ccsc3C(=O)O)n2)CC1. The Labute approximate surface area is 191 Å².